The summed E-state index contributed by atoms with van der Waals surface area (Å²) in [6.45, 7) is 3.03. The molecule has 0 amide bonds. The van der Waals surface area contributed by atoms with Crippen molar-refractivity contribution in [3.8, 4) is 0 Å². The summed E-state index contributed by atoms with van der Waals surface area (Å²) >= 11 is 0. The Hall–Kier alpha value is -2.98. The number of alkyl halides is 3. The average Bonchev–Trinajstić information content (AvgIpc) is 2.94. The van der Waals surface area contributed by atoms with Gasteiger partial charge in [0, 0.05) is 26.3 Å². The molecule has 0 saturated carbocycles. The Morgan fingerprint density at radius 1 is 1.15 bits per heavy atom. The van der Waals surface area contributed by atoms with E-state index >= 15 is 0 Å². The van der Waals surface area contributed by atoms with Gasteiger partial charge in [0.15, 0.2) is 11.5 Å². The largest absolute Gasteiger partial charge is 0.433 e. The molecule has 0 atom stereocenters. The van der Waals surface area contributed by atoms with E-state index in [-0.39, 0.29) is 12.0 Å². The van der Waals surface area contributed by atoms with Crippen molar-refractivity contribution in [1.82, 2.24) is 29.8 Å². The molecule has 1 fully saturated rings. The molecule has 0 bridgehead atoms. The standard InChI is InChI=1S/C15H15F3N8/c1-9-21-22-12-3-4-13(23-26(9)12)25-7-10(8-25)24(2)14-19-6-5-11(20-14)15(16,17)18/h3-6,10H,7-8H2,1-2H3. The van der Waals surface area contributed by atoms with Crippen LogP contribution in [0.4, 0.5) is 24.9 Å². The molecule has 0 spiro atoms. The van der Waals surface area contributed by atoms with Crippen molar-refractivity contribution in [1.29, 1.82) is 0 Å². The first-order valence-corrected chi connectivity index (χ1v) is 7.90. The van der Waals surface area contributed by atoms with E-state index in [0.717, 1.165) is 18.1 Å². The van der Waals surface area contributed by atoms with Gasteiger partial charge in [-0.05, 0) is 25.1 Å². The molecule has 3 aromatic rings. The van der Waals surface area contributed by atoms with Crippen molar-refractivity contribution in [3.05, 3.63) is 35.9 Å². The van der Waals surface area contributed by atoms with E-state index in [4.69, 9.17) is 0 Å². The van der Waals surface area contributed by atoms with Crippen molar-refractivity contribution < 1.29 is 13.2 Å². The SMILES string of the molecule is Cc1nnc2ccc(N3CC(N(C)c4nccc(C(F)(F)F)n4)C3)nn12. The van der Waals surface area contributed by atoms with Crippen LogP contribution in [0.15, 0.2) is 24.4 Å². The molecule has 26 heavy (non-hydrogen) atoms. The van der Waals surface area contributed by atoms with Crippen molar-refractivity contribution in [2.45, 2.75) is 19.1 Å². The highest BCUT2D eigenvalue weighted by molar-refractivity contribution is 5.49. The van der Waals surface area contributed by atoms with Crippen molar-refractivity contribution in [2.24, 2.45) is 0 Å². The lowest BCUT2D eigenvalue weighted by molar-refractivity contribution is -0.141. The molecule has 0 unspecified atom stereocenters. The number of fused-ring (bicyclic) bond motifs is 1. The van der Waals surface area contributed by atoms with Crippen LogP contribution in [0.3, 0.4) is 0 Å². The lowest BCUT2D eigenvalue weighted by atomic mass is 10.1. The Bertz CT molecular complexity index is 947. The molecule has 1 aliphatic heterocycles. The quantitative estimate of drug-likeness (QED) is 0.698. The van der Waals surface area contributed by atoms with Crippen LogP contribution in [0.25, 0.3) is 5.65 Å². The summed E-state index contributed by atoms with van der Waals surface area (Å²) in [5, 5.41) is 12.4. The van der Waals surface area contributed by atoms with Crippen LogP contribution in [0.2, 0.25) is 0 Å². The van der Waals surface area contributed by atoms with Crippen LogP contribution >= 0.6 is 0 Å². The van der Waals surface area contributed by atoms with Gasteiger partial charge in [0.1, 0.15) is 11.5 Å². The lowest BCUT2D eigenvalue weighted by Crippen LogP contribution is -2.59. The van der Waals surface area contributed by atoms with Crippen molar-refractivity contribution >= 4 is 17.4 Å². The van der Waals surface area contributed by atoms with Gasteiger partial charge >= 0.3 is 6.18 Å². The van der Waals surface area contributed by atoms with E-state index < -0.39 is 11.9 Å². The van der Waals surface area contributed by atoms with Crippen LogP contribution in [0.5, 0.6) is 0 Å². The maximum Gasteiger partial charge on any atom is 0.433 e. The first-order valence-electron chi connectivity index (χ1n) is 7.90. The third-order valence-corrected chi connectivity index (χ3v) is 4.39. The minimum atomic E-state index is -4.49. The van der Waals surface area contributed by atoms with Gasteiger partial charge in [-0.1, -0.05) is 0 Å². The second-order valence-electron chi connectivity index (χ2n) is 6.12. The number of likely N-dealkylation sites (N-methyl/N-ethyl adjacent to an activating group) is 1. The van der Waals surface area contributed by atoms with Crippen LogP contribution < -0.4 is 9.80 Å². The molecule has 1 aliphatic rings. The van der Waals surface area contributed by atoms with Gasteiger partial charge in [0.25, 0.3) is 0 Å². The normalized spacial score (nSPS) is 15.3. The van der Waals surface area contributed by atoms with Gasteiger partial charge in [0.2, 0.25) is 5.95 Å². The summed E-state index contributed by atoms with van der Waals surface area (Å²) in [7, 11) is 1.69. The summed E-state index contributed by atoms with van der Waals surface area (Å²) in [5.74, 6) is 1.51. The molecule has 0 aromatic carbocycles. The number of nitrogens with zero attached hydrogens (tertiary/aromatic N) is 8. The molecule has 0 N–H and O–H groups in total. The molecular formula is C15H15F3N8. The van der Waals surface area contributed by atoms with E-state index in [1.807, 2.05) is 24.0 Å². The summed E-state index contributed by atoms with van der Waals surface area (Å²) < 4.78 is 40.1. The topological polar surface area (TPSA) is 75.3 Å². The average molecular weight is 364 g/mol. The summed E-state index contributed by atoms with van der Waals surface area (Å²) in [5.41, 5.74) is -0.279. The lowest BCUT2D eigenvalue weighted by Gasteiger charge is -2.44. The zero-order valence-electron chi connectivity index (χ0n) is 14.0. The number of anilines is 2. The third kappa shape index (κ3) is 2.78. The number of aryl methyl sites for hydroxylation is 1. The smallest absolute Gasteiger partial charge is 0.351 e. The maximum atomic E-state index is 12.8. The van der Waals surface area contributed by atoms with Gasteiger partial charge in [-0.25, -0.2) is 9.97 Å². The van der Waals surface area contributed by atoms with Gasteiger partial charge < -0.3 is 9.80 Å². The van der Waals surface area contributed by atoms with Crippen LogP contribution in [-0.2, 0) is 6.18 Å². The predicted molar refractivity (Wildman–Crippen MR) is 87.0 cm³/mol. The fourth-order valence-corrected chi connectivity index (χ4v) is 2.78. The number of hydrogen-bond donors (Lipinski definition) is 0. The van der Waals surface area contributed by atoms with Gasteiger partial charge in [-0.15, -0.1) is 15.3 Å². The Balaban J connectivity index is 1.47. The Morgan fingerprint density at radius 3 is 2.65 bits per heavy atom. The Kier molecular flexibility index (Phi) is 3.67. The molecular weight excluding hydrogens is 349 g/mol. The van der Waals surface area contributed by atoms with E-state index in [0.29, 0.717) is 24.6 Å². The van der Waals surface area contributed by atoms with E-state index in [1.54, 1.807) is 16.5 Å². The predicted octanol–water partition coefficient (Wildman–Crippen LogP) is 1.57. The molecule has 1 saturated heterocycles. The van der Waals surface area contributed by atoms with E-state index in [2.05, 4.69) is 25.3 Å². The van der Waals surface area contributed by atoms with E-state index in [1.165, 1.54) is 0 Å². The minimum absolute atomic E-state index is 0.00186. The maximum absolute atomic E-state index is 12.8. The fourth-order valence-electron chi connectivity index (χ4n) is 2.78. The second-order valence-corrected chi connectivity index (χ2v) is 6.12. The number of rotatable bonds is 3. The Morgan fingerprint density at radius 2 is 1.92 bits per heavy atom. The molecule has 136 valence electrons. The van der Waals surface area contributed by atoms with Crippen molar-refractivity contribution in [3.63, 3.8) is 0 Å². The summed E-state index contributed by atoms with van der Waals surface area (Å²) in [6.07, 6.45) is -3.36. The number of hydrogen-bond acceptors (Lipinski definition) is 7. The van der Waals surface area contributed by atoms with Gasteiger partial charge in [0.05, 0.1) is 6.04 Å². The zero-order chi connectivity index (χ0) is 18.5. The molecule has 4 rings (SSSR count). The minimum Gasteiger partial charge on any atom is -0.351 e. The van der Waals surface area contributed by atoms with Gasteiger partial charge in [-0.2, -0.15) is 17.7 Å². The van der Waals surface area contributed by atoms with Crippen molar-refractivity contribution in [2.75, 3.05) is 29.9 Å². The molecule has 3 aromatic heterocycles. The van der Waals surface area contributed by atoms with Crippen LogP contribution in [0, 0.1) is 6.92 Å². The molecule has 11 heteroatoms. The van der Waals surface area contributed by atoms with Crippen LogP contribution in [0.1, 0.15) is 11.5 Å². The highest BCUT2D eigenvalue weighted by atomic mass is 19.4. The first-order chi connectivity index (χ1) is 12.3. The molecule has 4 heterocycles. The summed E-state index contributed by atoms with van der Waals surface area (Å²) in [6, 6.07) is 4.54. The van der Waals surface area contributed by atoms with E-state index in [9.17, 15) is 13.2 Å². The van der Waals surface area contributed by atoms with Gasteiger partial charge in [-0.3, -0.25) is 0 Å². The second kappa shape index (κ2) is 5.78. The zero-order valence-corrected chi connectivity index (χ0v) is 14.0. The fraction of sp³-hybridized carbons (Fsp3) is 0.400. The monoisotopic (exact) mass is 364 g/mol. The van der Waals surface area contributed by atoms with Crippen LogP contribution in [-0.4, -0.2) is 56.0 Å². The molecule has 0 aliphatic carbocycles. The highest BCUT2D eigenvalue weighted by Gasteiger charge is 2.35. The first kappa shape index (κ1) is 16.5. The molecule has 8 nitrogen and oxygen atoms in total. The third-order valence-electron chi connectivity index (χ3n) is 4.39. The molecule has 0 radical (unpaired) electrons. The number of aromatic nitrogens is 6. The highest BCUT2D eigenvalue weighted by Crippen LogP contribution is 2.29. The Labute approximate surface area is 146 Å². The number of halogens is 3. The summed E-state index contributed by atoms with van der Waals surface area (Å²) in [4.78, 5) is 11.3.